The van der Waals surface area contributed by atoms with Crippen LogP contribution in [0.2, 0.25) is 0 Å². The summed E-state index contributed by atoms with van der Waals surface area (Å²) in [4.78, 5) is 29.6. The molecule has 0 atom stereocenters. The zero-order chi connectivity index (χ0) is 19.5. The minimum atomic E-state index is -0.410. The molecule has 1 aliphatic heterocycles. The molecule has 2 heterocycles. The first-order valence-corrected chi connectivity index (χ1v) is 9.60. The van der Waals surface area contributed by atoms with Gasteiger partial charge >= 0.3 is 5.97 Å². The summed E-state index contributed by atoms with van der Waals surface area (Å²) >= 11 is 0. The molecule has 0 N–H and O–H groups in total. The zero-order valence-electron chi connectivity index (χ0n) is 15.9. The van der Waals surface area contributed by atoms with Gasteiger partial charge in [-0.1, -0.05) is 36.2 Å². The first kappa shape index (κ1) is 18.2. The van der Waals surface area contributed by atoms with Gasteiger partial charge in [-0.3, -0.25) is 9.36 Å². The van der Waals surface area contributed by atoms with Crippen molar-refractivity contribution in [2.75, 3.05) is 0 Å². The normalized spacial score (nSPS) is 13.5. The largest absolute Gasteiger partial charge is 0.423 e. The summed E-state index contributed by atoms with van der Waals surface area (Å²) in [7, 11) is 0. The fourth-order valence-electron chi connectivity index (χ4n) is 3.44. The lowest BCUT2D eigenvalue weighted by Crippen LogP contribution is -2.23. The Bertz CT molecular complexity index is 1070. The molecule has 5 nitrogen and oxygen atoms in total. The van der Waals surface area contributed by atoms with Crippen LogP contribution in [-0.4, -0.2) is 15.5 Å². The number of hydrogen-bond donors (Lipinski definition) is 0. The Kier molecular flexibility index (Phi) is 5.06. The SMILES string of the molecule is Cc1ccc(C(=O)Oc2cccc(-c3cc(=O)n4c(n3)CCCCC4)c2)cc1. The van der Waals surface area contributed by atoms with E-state index in [9.17, 15) is 9.59 Å². The predicted molar refractivity (Wildman–Crippen MR) is 108 cm³/mol. The molecular weight excluding hydrogens is 352 g/mol. The lowest BCUT2D eigenvalue weighted by atomic mass is 10.1. The van der Waals surface area contributed by atoms with Crippen LogP contribution in [0.15, 0.2) is 59.4 Å². The number of rotatable bonds is 3. The Morgan fingerprint density at radius 3 is 2.68 bits per heavy atom. The summed E-state index contributed by atoms with van der Waals surface area (Å²) in [5, 5.41) is 0. The van der Waals surface area contributed by atoms with Crippen LogP contribution in [0.1, 0.15) is 41.0 Å². The van der Waals surface area contributed by atoms with Crippen LogP contribution in [0.3, 0.4) is 0 Å². The Hall–Kier alpha value is -3.21. The molecule has 0 saturated heterocycles. The minimum Gasteiger partial charge on any atom is -0.423 e. The van der Waals surface area contributed by atoms with E-state index in [4.69, 9.17) is 9.72 Å². The highest BCUT2D eigenvalue weighted by Gasteiger charge is 2.14. The summed E-state index contributed by atoms with van der Waals surface area (Å²) in [6, 6.07) is 16.0. The molecule has 1 aliphatic rings. The predicted octanol–water partition coefficient (Wildman–Crippen LogP) is 4.16. The van der Waals surface area contributed by atoms with Gasteiger partial charge in [0.2, 0.25) is 0 Å². The maximum atomic E-state index is 12.5. The number of fused-ring (bicyclic) bond motifs is 1. The number of ether oxygens (including phenoxy) is 1. The van der Waals surface area contributed by atoms with E-state index in [1.165, 1.54) is 0 Å². The van der Waals surface area contributed by atoms with Crippen molar-refractivity contribution in [1.82, 2.24) is 9.55 Å². The van der Waals surface area contributed by atoms with Gasteiger partial charge in [-0.05, 0) is 44.0 Å². The Morgan fingerprint density at radius 1 is 1.04 bits per heavy atom. The number of carbonyl (C=O) groups is 1. The molecule has 1 aromatic heterocycles. The fraction of sp³-hybridized carbons (Fsp3) is 0.261. The van der Waals surface area contributed by atoms with Gasteiger partial charge in [-0.2, -0.15) is 0 Å². The number of nitrogens with zero attached hydrogens (tertiary/aromatic N) is 2. The second-order valence-electron chi connectivity index (χ2n) is 7.14. The average molecular weight is 374 g/mol. The van der Waals surface area contributed by atoms with E-state index in [0.29, 0.717) is 17.0 Å². The van der Waals surface area contributed by atoms with Crippen LogP contribution < -0.4 is 10.3 Å². The summed E-state index contributed by atoms with van der Waals surface area (Å²) in [6.45, 7) is 2.70. The number of esters is 1. The minimum absolute atomic E-state index is 0.0241. The summed E-state index contributed by atoms with van der Waals surface area (Å²) < 4.78 is 7.29. The Morgan fingerprint density at radius 2 is 1.86 bits per heavy atom. The molecule has 5 heteroatoms. The van der Waals surface area contributed by atoms with E-state index >= 15 is 0 Å². The highest BCUT2D eigenvalue weighted by molar-refractivity contribution is 5.91. The van der Waals surface area contributed by atoms with Gasteiger partial charge < -0.3 is 4.74 Å². The van der Waals surface area contributed by atoms with Crippen LogP contribution in [0.25, 0.3) is 11.3 Å². The number of benzene rings is 2. The number of aryl methyl sites for hydroxylation is 2. The molecule has 0 saturated carbocycles. The van der Waals surface area contributed by atoms with Crippen molar-refractivity contribution in [2.24, 2.45) is 0 Å². The third-order valence-corrected chi connectivity index (χ3v) is 5.00. The van der Waals surface area contributed by atoms with Gasteiger partial charge in [0.15, 0.2) is 0 Å². The zero-order valence-corrected chi connectivity index (χ0v) is 15.9. The standard InChI is InChI=1S/C23H22N2O3/c1-16-9-11-17(12-10-16)23(27)28-19-7-5-6-18(14-19)20-15-22(26)25-13-4-2-3-8-21(25)24-20/h5-7,9-12,14-15H,2-4,8,13H2,1H3. The Balaban J connectivity index is 1.61. The first-order chi connectivity index (χ1) is 13.6. The third-order valence-electron chi connectivity index (χ3n) is 5.00. The van der Waals surface area contributed by atoms with E-state index in [0.717, 1.165) is 49.2 Å². The third kappa shape index (κ3) is 3.88. The van der Waals surface area contributed by atoms with Crippen LogP contribution in [0.4, 0.5) is 0 Å². The molecule has 28 heavy (non-hydrogen) atoms. The molecular formula is C23H22N2O3. The molecule has 0 amide bonds. The van der Waals surface area contributed by atoms with Crippen molar-refractivity contribution < 1.29 is 9.53 Å². The summed E-state index contributed by atoms with van der Waals surface area (Å²) in [6.07, 6.45) is 3.98. The molecule has 4 rings (SSSR count). The van der Waals surface area contributed by atoms with Crippen molar-refractivity contribution in [3.8, 4) is 17.0 Å². The van der Waals surface area contributed by atoms with Crippen molar-refractivity contribution >= 4 is 5.97 Å². The van der Waals surface area contributed by atoms with Gasteiger partial charge in [-0.25, -0.2) is 9.78 Å². The number of carbonyl (C=O) groups excluding carboxylic acids is 1. The number of hydrogen-bond acceptors (Lipinski definition) is 4. The molecule has 142 valence electrons. The second kappa shape index (κ2) is 7.80. The van der Waals surface area contributed by atoms with E-state index in [1.54, 1.807) is 41.0 Å². The van der Waals surface area contributed by atoms with E-state index < -0.39 is 5.97 Å². The molecule has 0 bridgehead atoms. The molecule has 0 spiro atoms. The quantitative estimate of drug-likeness (QED) is 0.510. The molecule has 2 aromatic carbocycles. The summed E-state index contributed by atoms with van der Waals surface area (Å²) in [5.74, 6) is 0.856. The smallest absolute Gasteiger partial charge is 0.343 e. The van der Waals surface area contributed by atoms with Gasteiger partial charge in [0, 0.05) is 24.6 Å². The highest BCUT2D eigenvalue weighted by Crippen LogP contribution is 2.23. The molecule has 0 fully saturated rings. The topological polar surface area (TPSA) is 61.2 Å². The van der Waals surface area contributed by atoms with Gasteiger partial charge in [-0.15, -0.1) is 0 Å². The maximum absolute atomic E-state index is 12.5. The molecule has 0 aliphatic carbocycles. The van der Waals surface area contributed by atoms with Crippen molar-refractivity contribution in [2.45, 2.75) is 39.2 Å². The van der Waals surface area contributed by atoms with Gasteiger partial charge in [0.25, 0.3) is 5.56 Å². The van der Waals surface area contributed by atoms with E-state index in [-0.39, 0.29) is 5.56 Å². The van der Waals surface area contributed by atoms with Crippen LogP contribution in [-0.2, 0) is 13.0 Å². The van der Waals surface area contributed by atoms with Gasteiger partial charge in [0.05, 0.1) is 11.3 Å². The molecule has 0 unspecified atom stereocenters. The highest BCUT2D eigenvalue weighted by atomic mass is 16.5. The van der Waals surface area contributed by atoms with Crippen molar-refractivity contribution in [3.05, 3.63) is 81.9 Å². The fourth-order valence-corrected chi connectivity index (χ4v) is 3.44. The summed E-state index contributed by atoms with van der Waals surface area (Å²) in [5.41, 5.74) is 2.94. The van der Waals surface area contributed by atoms with Gasteiger partial charge in [0.1, 0.15) is 11.6 Å². The van der Waals surface area contributed by atoms with Crippen LogP contribution >= 0.6 is 0 Å². The van der Waals surface area contributed by atoms with Crippen molar-refractivity contribution in [3.63, 3.8) is 0 Å². The molecule has 0 radical (unpaired) electrons. The monoisotopic (exact) mass is 374 g/mol. The lowest BCUT2D eigenvalue weighted by Gasteiger charge is -2.11. The van der Waals surface area contributed by atoms with E-state index in [2.05, 4.69) is 0 Å². The average Bonchev–Trinajstić information content (AvgIpc) is 2.94. The Labute approximate surface area is 163 Å². The second-order valence-corrected chi connectivity index (χ2v) is 7.14. The lowest BCUT2D eigenvalue weighted by molar-refractivity contribution is 0.0735. The first-order valence-electron chi connectivity index (χ1n) is 9.60. The van der Waals surface area contributed by atoms with Crippen molar-refractivity contribution in [1.29, 1.82) is 0 Å². The van der Waals surface area contributed by atoms with Crippen LogP contribution in [0, 0.1) is 6.92 Å². The van der Waals surface area contributed by atoms with E-state index in [1.807, 2.05) is 25.1 Å². The van der Waals surface area contributed by atoms with Crippen LogP contribution in [0.5, 0.6) is 5.75 Å². The maximum Gasteiger partial charge on any atom is 0.343 e. The molecule has 3 aromatic rings. The number of aromatic nitrogens is 2.